The summed E-state index contributed by atoms with van der Waals surface area (Å²) in [6.45, 7) is 2.98. The van der Waals surface area contributed by atoms with E-state index in [1.807, 2.05) is 12.1 Å². The van der Waals surface area contributed by atoms with Crippen molar-refractivity contribution in [2.75, 3.05) is 11.9 Å². The van der Waals surface area contributed by atoms with Crippen LogP contribution in [0.25, 0.3) is 0 Å². The lowest BCUT2D eigenvalue weighted by Gasteiger charge is -2.34. The summed E-state index contributed by atoms with van der Waals surface area (Å²) in [4.78, 5) is 14.4. The van der Waals surface area contributed by atoms with Gasteiger partial charge < -0.3 is 4.90 Å². The Morgan fingerprint density at radius 2 is 2.28 bits per heavy atom. The van der Waals surface area contributed by atoms with Crippen molar-refractivity contribution in [2.45, 2.75) is 38.6 Å². The molecule has 2 rings (SSSR count). The van der Waals surface area contributed by atoms with Crippen molar-refractivity contribution in [3.8, 4) is 0 Å². The van der Waals surface area contributed by atoms with Crippen LogP contribution in [0.4, 0.5) is 0 Å². The van der Waals surface area contributed by atoms with Crippen LogP contribution < -0.4 is 0 Å². The van der Waals surface area contributed by atoms with Gasteiger partial charge in [-0.1, -0.05) is 45.8 Å². The Labute approximate surface area is 117 Å². The Hall–Kier alpha value is -0.830. The van der Waals surface area contributed by atoms with Gasteiger partial charge in [0.1, 0.15) is 0 Å². The molecule has 0 aliphatic carbocycles. The molecule has 1 aliphatic heterocycles. The maximum atomic E-state index is 12.4. The van der Waals surface area contributed by atoms with E-state index in [1.165, 1.54) is 12.0 Å². The molecule has 3 heteroatoms. The second kappa shape index (κ2) is 6.37. The molecule has 0 radical (unpaired) electrons. The summed E-state index contributed by atoms with van der Waals surface area (Å²) in [6, 6.07) is 8.62. The maximum Gasteiger partial charge on any atom is 0.227 e. The van der Waals surface area contributed by atoms with Gasteiger partial charge in [0.2, 0.25) is 5.91 Å². The lowest BCUT2D eigenvalue weighted by atomic mass is 10.0. The molecule has 1 heterocycles. The van der Waals surface area contributed by atoms with E-state index in [1.54, 1.807) is 0 Å². The van der Waals surface area contributed by atoms with Gasteiger partial charge in [0.15, 0.2) is 0 Å². The number of alkyl halides is 1. The Morgan fingerprint density at radius 1 is 1.44 bits per heavy atom. The second-order valence-corrected chi connectivity index (χ2v) is 5.70. The molecular formula is C15H20BrNO. The number of halogens is 1. The number of hydrogen-bond donors (Lipinski definition) is 0. The first-order valence-corrected chi connectivity index (χ1v) is 7.74. The van der Waals surface area contributed by atoms with Gasteiger partial charge in [-0.3, -0.25) is 4.79 Å². The van der Waals surface area contributed by atoms with Crippen molar-refractivity contribution in [1.82, 2.24) is 4.90 Å². The third-order valence-electron chi connectivity index (χ3n) is 3.56. The molecular weight excluding hydrogens is 290 g/mol. The van der Waals surface area contributed by atoms with Crippen LogP contribution in [0.5, 0.6) is 0 Å². The van der Waals surface area contributed by atoms with Gasteiger partial charge in [-0.2, -0.15) is 0 Å². The lowest BCUT2D eigenvalue weighted by Crippen LogP contribution is -2.45. The molecule has 1 atom stereocenters. The zero-order chi connectivity index (χ0) is 13.0. The standard InChI is InChI=1S/C15H20BrNO/c1-12-5-4-6-13(9-12)10-15(18)17-8-3-2-7-14(17)11-16/h4-6,9,14H,2-3,7-8,10-11H2,1H3. The molecule has 0 aromatic heterocycles. The highest BCUT2D eigenvalue weighted by Gasteiger charge is 2.25. The molecule has 1 saturated heterocycles. The van der Waals surface area contributed by atoms with E-state index >= 15 is 0 Å². The van der Waals surface area contributed by atoms with E-state index in [2.05, 4.69) is 39.9 Å². The third kappa shape index (κ3) is 3.35. The van der Waals surface area contributed by atoms with E-state index in [-0.39, 0.29) is 5.91 Å². The molecule has 0 bridgehead atoms. The number of nitrogens with zero attached hydrogens (tertiary/aromatic N) is 1. The van der Waals surface area contributed by atoms with E-state index in [4.69, 9.17) is 0 Å². The van der Waals surface area contributed by atoms with Gasteiger partial charge in [0.25, 0.3) is 0 Å². The Kier molecular flexibility index (Phi) is 4.81. The number of amides is 1. The van der Waals surface area contributed by atoms with Gasteiger partial charge in [-0.25, -0.2) is 0 Å². The number of likely N-dealkylation sites (tertiary alicyclic amines) is 1. The topological polar surface area (TPSA) is 20.3 Å². The van der Waals surface area contributed by atoms with Crippen LogP contribution in [-0.4, -0.2) is 28.7 Å². The molecule has 0 N–H and O–H groups in total. The molecule has 0 spiro atoms. The lowest BCUT2D eigenvalue weighted by molar-refractivity contribution is -0.133. The van der Waals surface area contributed by atoms with Crippen LogP contribution in [0, 0.1) is 6.92 Å². The fourth-order valence-corrected chi connectivity index (χ4v) is 3.26. The summed E-state index contributed by atoms with van der Waals surface area (Å²) in [5.74, 6) is 0.268. The van der Waals surface area contributed by atoms with Crippen molar-refractivity contribution in [2.24, 2.45) is 0 Å². The Bertz CT molecular complexity index is 419. The smallest absolute Gasteiger partial charge is 0.227 e. The van der Waals surface area contributed by atoms with Crippen LogP contribution in [-0.2, 0) is 11.2 Å². The molecule has 1 fully saturated rings. The van der Waals surface area contributed by atoms with Gasteiger partial charge >= 0.3 is 0 Å². The summed E-state index contributed by atoms with van der Waals surface area (Å²) < 4.78 is 0. The maximum absolute atomic E-state index is 12.4. The zero-order valence-corrected chi connectivity index (χ0v) is 12.4. The molecule has 1 aromatic rings. The summed E-state index contributed by atoms with van der Waals surface area (Å²) >= 11 is 3.52. The minimum Gasteiger partial charge on any atom is -0.339 e. The van der Waals surface area contributed by atoms with Crippen LogP contribution in [0.1, 0.15) is 30.4 Å². The predicted molar refractivity (Wildman–Crippen MR) is 78.0 cm³/mol. The number of benzene rings is 1. The first-order valence-electron chi connectivity index (χ1n) is 6.61. The average Bonchev–Trinajstić information content (AvgIpc) is 2.38. The fourth-order valence-electron chi connectivity index (χ4n) is 2.59. The number of piperidine rings is 1. The van der Waals surface area contributed by atoms with Crippen LogP contribution in [0.2, 0.25) is 0 Å². The number of carbonyl (C=O) groups excluding carboxylic acids is 1. The Balaban J connectivity index is 2.02. The van der Waals surface area contributed by atoms with Crippen molar-refractivity contribution < 1.29 is 4.79 Å². The summed E-state index contributed by atoms with van der Waals surface area (Å²) in [5.41, 5.74) is 2.34. The SMILES string of the molecule is Cc1cccc(CC(=O)N2CCCCC2CBr)c1. The molecule has 2 nitrogen and oxygen atoms in total. The third-order valence-corrected chi connectivity index (χ3v) is 4.31. The van der Waals surface area contributed by atoms with Gasteiger partial charge in [-0.05, 0) is 31.7 Å². The molecule has 1 unspecified atom stereocenters. The summed E-state index contributed by atoms with van der Waals surface area (Å²) in [5, 5.41) is 0.895. The van der Waals surface area contributed by atoms with E-state index in [9.17, 15) is 4.79 Å². The molecule has 18 heavy (non-hydrogen) atoms. The molecule has 1 aromatic carbocycles. The first-order chi connectivity index (χ1) is 8.70. The predicted octanol–water partition coefficient (Wildman–Crippen LogP) is 3.31. The first kappa shape index (κ1) is 13.6. The van der Waals surface area contributed by atoms with Crippen molar-refractivity contribution in [1.29, 1.82) is 0 Å². The minimum atomic E-state index is 0.268. The zero-order valence-electron chi connectivity index (χ0n) is 10.9. The van der Waals surface area contributed by atoms with E-state index < -0.39 is 0 Å². The Morgan fingerprint density at radius 3 is 3.00 bits per heavy atom. The normalized spacial score (nSPS) is 19.9. The van der Waals surface area contributed by atoms with Crippen LogP contribution in [0.3, 0.4) is 0 Å². The van der Waals surface area contributed by atoms with E-state index in [0.717, 1.165) is 30.3 Å². The minimum absolute atomic E-state index is 0.268. The van der Waals surface area contributed by atoms with Crippen molar-refractivity contribution in [3.63, 3.8) is 0 Å². The largest absolute Gasteiger partial charge is 0.339 e. The monoisotopic (exact) mass is 309 g/mol. The van der Waals surface area contributed by atoms with Crippen LogP contribution >= 0.6 is 15.9 Å². The summed E-state index contributed by atoms with van der Waals surface area (Å²) in [7, 11) is 0. The van der Waals surface area contributed by atoms with Gasteiger partial charge in [0.05, 0.1) is 6.42 Å². The number of rotatable bonds is 3. The second-order valence-electron chi connectivity index (χ2n) is 5.06. The molecule has 0 saturated carbocycles. The quantitative estimate of drug-likeness (QED) is 0.784. The molecule has 98 valence electrons. The van der Waals surface area contributed by atoms with E-state index in [0.29, 0.717) is 12.5 Å². The number of carbonyl (C=O) groups is 1. The molecule has 1 aliphatic rings. The van der Waals surface area contributed by atoms with Crippen molar-refractivity contribution >= 4 is 21.8 Å². The highest BCUT2D eigenvalue weighted by atomic mass is 79.9. The van der Waals surface area contributed by atoms with Gasteiger partial charge in [-0.15, -0.1) is 0 Å². The average molecular weight is 310 g/mol. The highest BCUT2D eigenvalue weighted by Crippen LogP contribution is 2.20. The van der Waals surface area contributed by atoms with Gasteiger partial charge in [0, 0.05) is 17.9 Å². The van der Waals surface area contributed by atoms with Crippen LogP contribution in [0.15, 0.2) is 24.3 Å². The number of hydrogen-bond acceptors (Lipinski definition) is 1. The number of aryl methyl sites for hydroxylation is 1. The summed E-state index contributed by atoms with van der Waals surface area (Å²) in [6.07, 6.45) is 4.05. The molecule has 1 amide bonds. The fraction of sp³-hybridized carbons (Fsp3) is 0.533. The van der Waals surface area contributed by atoms with Crippen molar-refractivity contribution in [3.05, 3.63) is 35.4 Å². The highest BCUT2D eigenvalue weighted by molar-refractivity contribution is 9.09.